The van der Waals surface area contributed by atoms with E-state index in [4.69, 9.17) is 14.4 Å². The molecule has 1 aliphatic rings. The highest BCUT2D eigenvalue weighted by molar-refractivity contribution is 4.96. The topological polar surface area (TPSA) is 71.6 Å². The summed E-state index contributed by atoms with van der Waals surface area (Å²) in [5, 5.41) is 12.5. The molecule has 0 spiro atoms. The third-order valence-electron chi connectivity index (χ3n) is 3.19. The zero-order chi connectivity index (χ0) is 12.8. The second kappa shape index (κ2) is 6.82. The second-order valence-electron chi connectivity index (χ2n) is 4.66. The summed E-state index contributed by atoms with van der Waals surface area (Å²) in [5.41, 5.74) is 0. The molecule has 1 atom stereocenters. The van der Waals surface area contributed by atoms with Gasteiger partial charge in [-0.25, -0.2) is 0 Å². The van der Waals surface area contributed by atoms with E-state index in [0.717, 1.165) is 38.4 Å². The number of aromatic nitrogens is 2. The number of rotatable bonds is 6. The van der Waals surface area contributed by atoms with Gasteiger partial charge in [0.2, 0.25) is 5.89 Å². The van der Waals surface area contributed by atoms with E-state index in [1.54, 1.807) is 0 Å². The minimum absolute atomic E-state index is 0.0872. The van der Waals surface area contributed by atoms with E-state index in [1.807, 2.05) is 6.92 Å². The van der Waals surface area contributed by atoms with Crippen LogP contribution in [0.15, 0.2) is 4.52 Å². The third-order valence-corrected chi connectivity index (χ3v) is 3.19. The summed E-state index contributed by atoms with van der Waals surface area (Å²) < 4.78 is 10.5. The highest BCUT2D eigenvalue weighted by Gasteiger charge is 2.25. The summed E-state index contributed by atoms with van der Waals surface area (Å²) >= 11 is 0. The molecule has 2 heterocycles. The van der Waals surface area contributed by atoms with Crippen LogP contribution in [0.1, 0.15) is 30.5 Å². The van der Waals surface area contributed by atoms with E-state index in [0.29, 0.717) is 25.0 Å². The first-order valence-corrected chi connectivity index (χ1v) is 6.50. The zero-order valence-electron chi connectivity index (χ0n) is 10.8. The van der Waals surface area contributed by atoms with E-state index in [1.165, 1.54) is 0 Å². The summed E-state index contributed by atoms with van der Waals surface area (Å²) in [5.74, 6) is 1.81. The first-order chi connectivity index (χ1) is 8.79. The Morgan fingerprint density at radius 2 is 2.39 bits per heavy atom. The molecular formula is C12H21N3O3. The summed E-state index contributed by atoms with van der Waals surface area (Å²) in [7, 11) is 0. The van der Waals surface area contributed by atoms with Gasteiger partial charge in [-0.15, -0.1) is 0 Å². The number of hydrogen-bond acceptors (Lipinski definition) is 6. The van der Waals surface area contributed by atoms with Crippen molar-refractivity contribution in [1.29, 1.82) is 0 Å². The molecule has 2 rings (SSSR count). The van der Waals surface area contributed by atoms with Crippen LogP contribution in [0.3, 0.4) is 0 Å². The molecule has 18 heavy (non-hydrogen) atoms. The van der Waals surface area contributed by atoms with Gasteiger partial charge < -0.3 is 19.3 Å². The van der Waals surface area contributed by atoms with Gasteiger partial charge in [0.05, 0.1) is 25.7 Å². The zero-order valence-corrected chi connectivity index (χ0v) is 10.8. The van der Waals surface area contributed by atoms with Crippen LogP contribution in [0.5, 0.6) is 0 Å². The maximum Gasteiger partial charge on any atom is 0.231 e. The van der Waals surface area contributed by atoms with Crippen LogP contribution in [-0.4, -0.2) is 59.6 Å². The third kappa shape index (κ3) is 3.76. The lowest BCUT2D eigenvalue weighted by atomic mass is 9.98. The quantitative estimate of drug-likeness (QED) is 0.749. The largest absolute Gasteiger partial charge is 0.394 e. The van der Waals surface area contributed by atoms with Gasteiger partial charge in [-0.05, 0) is 26.3 Å². The van der Waals surface area contributed by atoms with Crippen molar-refractivity contribution in [3.05, 3.63) is 11.7 Å². The highest BCUT2D eigenvalue weighted by Crippen LogP contribution is 2.25. The molecule has 0 aromatic carbocycles. The monoisotopic (exact) mass is 255 g/mol. The van der Waals surface area contributed by atoms with Crippen LogP contribution < -0.4 is 0 Å². The van der Waals surface area contributed by atoms with Crippen molar-refractivity contribution >= 4 is 0 Å². The standard InChI is InChI=1S/C12H21N3O3/c1-10-13-12(18-14-10)11-3-2-4-15(9-11)5-7-17-8-6-16/h11,16H,2-9H2,1H3. The average molecular weight is 255 g/mol. The molecule has 0 saturated carbocycles. The average Bonchev–Trinajstić information content (AvgIpc) is 2.82. The Morgan fingerprint density at radius 1 is 1.50 bits per heavy atom. The molecule has 6 heteroatoms. The van der Waals surface area contributed by atoms with Crippen molar-refractivity contribution in [2.75, 3.05) is 39.5 Å². The Labute approximate surface area is 107 Å². The van der Waals surface area contributed by atoms with Gasteiger partial charge in [0.15, 0.2) is 5.82 Å². The lowest BCUT2D eigenvalue weighted by Gasteiger charge is -2.30. The molecule has 1 aromatic heterocycles. The van der Waals surface area contributed by atoms with Gasteiger partial charge in [0.25, 0.3) is 0 Å². The van der Waals surface area contributed by atoms with Crippen LogP contribution in [-0.2, 0) is 4.74 Å². The van der Waals surface area contributed by atoms with Crippen LogP contribution in [0.4, 0.5) is 0 Å². The van der Waals surface area contributed by atoms with Crippen LogP contribution in [0.2, 0.25) is 0 Å². The fourth-order valence-corrected chi connectivity index (χ4v) is 2.30. The van der Waals surface area contributed by atoms with Crippen LogP contribution in [0, 0.1) is 6.92 Å². The van der Waals surface area contributed by atoms with E-state index in [-0.39, 0.29) is 6.61 Å². The van der Waals surface area contributed by atoms with E-state index >= 15 is 0 Å². The molecule has 1 aliphatic heterocycles. The first kappa shape index (κ1) is 13.5. The predicted octanol–water partition coefficient (Wildman–Crippen LogP) is 0.566. The Balaban J connectivity index is 1.77. The number of hydrogen-bond donors (Lipinski definition) is 1. The summed E-state index contributed by atoms with van der Waals surface area (Å²) in [6, 6.07) is 0. The normalized spacial score (nSPS) is 21.3. The molecule has 102 valence electrons. The minimum Gasteiger partial charge on any atom is -0.394 e. The second-order valence-corrected chi connectivity index (χ2v) is 4.66. The molecule has 1 N–H and O–H groups in total. The molecule has 1 unspecified atom stereocenters. The molecule has 6 nitrogen and oxygen atoms in total. The molecule has 1 fully saturated rings. The molecule has 0 aliphatic carbocycles. The molecule has 0 amide bonds. The summed E-state index contributed by atoms with van der Waals surface area (Å²) in [6.07, 6.45) is 2.25. The fourth-order valence-electron chi connectivity index (χ4n) is 2.30. The van der Waals surface area contributed by atoms with E-state index in [9.17, 15) is 0 Å². The van der Waals surface area contributed by atoms with Gasteiger partial charge in [0, 0.05) is 13.1 Å². The molecular weight excluding hydrogens is 234 g/mol. The lowest BCUT2D eigenvalue weighted by Crippen LogP contribution is -2.36. The van der Waals surface area contributed by atoms with E-state index < -0.39 is 0 Å². The van der Waals surface area contributed by atoms with Gasteiger partial charge in [0.1, 0.15) is 0 Å². The minimum atomic E-state index is 0.0872. The maximum atomic E-state index is 8.63. The number of piperidine rings is 1. The van der Waals surface area contributed by atoms with Crippen molar-refractivity contribution in [2.24, 2.45) is 0 Å². The summed E-state index contributed by atoms with van der Waals surface area (Å²) in [6.45, 7) is 5.94. The molecule has 1 aromatic rings. The van der Waals surface area contributed by atoms with Crippen molar-refractivity contribution < 1.29 is 14.4 Å². The lowest BCUT2D eigenvalue weighted by molar-refractivity contribution is 0.0656. The number of aryl methyl sites for hydroxylation is 1. The van der Waals surface area contributed by atoms with Crippen LogP contribution >= 0.6 is 0 Å². The number of aliphatic hydroxyl groups excluding tert-OH is 1. The van der Waals surface area contributed by atoms with Crippen molar-refractivity contribution in [2.45, 2.75) is 25.7 Å². The van der Waals surface area contributed by atoms with Crippen molar-refractivity contribution in [3.63, 3.8) is 0 Å². The SMILES string of the molecule is Cc1noc(C2CCCN(CCOCCO)C2)n1. The number of nitrogens with zero attached hydrogens (tertiary/aromatic N) is 3. The Morgan fingerprint density at radius 3 is 3.11 bits per heavy atom. The smallest absolute Gasteiger partial charge is 0.231 e. The molecule has 0 bridgehead atoms. The highest BCUT2D eigenvalue weighted by atomic mass is 16.5. The number of ether oxygens (including phenoxy) is 1. The first-order valence-electron chi connectivity index (χ1n) is 6.50. The van der Waals surface area contributed by atoms with Gasteiger partial charge in [-0.2, -0.15) is 4.98 Å². The van der Waals surface area contributed by atoms with E-state index in [2.05, 4.69) is 15.0 Å². The number of aliphatic hydroxyl groups is 1. The number of likely N-dealkylation sites (tertiary alicyclic amines) is 1. The molecule has 1 saturated heterocycles. The fraction of sp³-hybridized carbons (Fsp3) is 0.833. The van der Waals surface area contributed by atoms with Crippen molar-refractivity contribution in [3.8, 4) is 0 Å². The Bertz CT molecular complexity index is 356. The van der Waals surface area contributed by atoms with Gasteiger partial charge in [-0.3, -0.25) is 0 Å². The Hall–Kier alpha value is -0.980. The van der Waals surface area contributed by atoms with Gasteiger partial charge in [-0.1, -0.05) is 5.16 Å². The predicted molar refractivity (Wildman–Crippen MR) is 65.4 cm³/mol. The van der Waals surface area contributed by atoms with Gasteiger partial charge >= 0.3 is 0 Å². The van der Waals surface area contributed by atoms with Crippen molar-refractivity contribution in [1.82, 2.24) is 15.0 Å². The Kier molecular flexibility index (Phi) is 5.10. The van der Waals surface area contributed by atoms with Crippen LogP contribution in [0.25, 0.3) is 0 Å². The summed E-state index contributed by atoms with van der Waals surface area (Å²) in [4.78, 5) is 6.66. The maximum absolute atomic E-state index is 8.63. The molecule has 0 radical (unpaired) electrons.